The summed E-state index contributed by atoms with van der Waals surface area (Å²) in [6.07, 6.45) is 0. The zero-order chi connectivity index (χ0) is 15.6. The third-order valence-electron chi connectivity index (χ3n) is 2.59. The van der Waals surface area contributed by atoms with Crippen LogP contribution in [0.25, 0.3) is 0 Å². The van der Waals surface area contributed by atoms with Crippen LogP contribution in [-0.4, -0.2) is 17.9 Å². The monoisotopic (exact) mass is 299 g/mol. The lowest BCUT2D eigenvalue weighted by molar-refractivity contribution is 0.102. The molecule has 1 aromatic heterocycles. The number of aromatic nitrogens is 1. The Morgan fingerprint density at radius 2 is 1.71 bits per heavy atom. The van der Waals surface area contributed by atoms with Crippen molar-refractivity contribution in [1.82, 2.24) is 4.98 Å². The lowest BCUT2D eigenvalue weighted by Crippen LogP contribution is -2.17. The Morgan fingerprint density at radius 1 is 1.10 bits per heavy atom. The van der Waals surface area contributed by atoms with Gasteiger partial charge in [-0.05, 0) is 12.1 Å². The molecule has 0 saturated carbocycles. The van der Waals surface area contributed by atoms with Gasteiger partial charge in [0.1, 0.15) is 17.2 Å². The number of pyridine rings is 1. The van der Waals surface area contributed by atoms with Gasteiger partial charge in [0, 0.05) is 13.1 Å². The van der Waals surface area contributed by atoms with E-state index in [1.54, 1.807) is 18.4 Å². The second kappa shape index (κ2) is 5.78. The Labute approximate surface area is 116 Å². The van der Waals surface area contributed by atoms with E-state index in [2.05, 4.69) is 10.3 Å². The molecule has 0 fully saturated rings. The Hall–Kier alpha value is -2.64. The first-order chi connectivity index (χ1) is 9.93. The Morgan fingerprint density at radius 3 is 2.29 bits per heavy atom. The summed E-state index contributed by atoms with van der Waals surface area (Å²) >= 11 is 0. The summed E-state index contributed by atoms with van der Waals surface area (Å²) in [4.78, 5) is 15.7. The van der Waals surface area contributed by atoms with E-state index in [1.807, 2.05) is 0 Å². The molecule has 1 aromatic carbocycles. The Kier molecular flexibility index (Phi) is 4.06. The molecule has 2 rings (SSSR count). The van der Waals surface area contributed by atoms with Crippen molar-refractivity contribution < 1.29 is 22.4 Å². The van der Waals surface area contributed by atoms with Crippen molar-refractivity contribution in [2.24, 2.45) is 0 Å². The molecule has 0 spiro atoms. The van der Waals surface area contributed by atoms with Gasteiger partial charge in [-0.1, -0.05) is 6.07 Å². The molecule has 2 N–H and O–H groups in total. The third-order valence-corrected chi connectivity index (χ3v) is 2.59. The number of rotatable bonds is 3. The van der Waals surface area contributed by atoms with Crippen LogP contribution < -0.4 is 10.6 Å². The number of anilines is 2. The van der Waals surface area contributed by atoms with Gasteiger partial charge in [0.25, 0.3) is 5.91 Å². The summed E-state index contributed by atoms with van der Waals surface area (Å²) in [7, 11) is 1.56. The van der Waals surface area contributed by atoms with E-state index in [4.69, 9.17) is 0 Å². The number of benzene rings is 1. The first-order valence-electron chi connectivity index (χ1n) is 5.73. The maximum absolute atomic E-state index is 13.4. The Balaban J connectivity index is 2.36. The van der Waals surface area contributed by atoms with Crippen LogP contribution in [0.5, 0.6) is 0 Å². The van der Waals surface area contributed by atoms with Gasteiger partial charge in [-0.25, -0.2) is 22.5 Å². The van der Waals surface area contributed by atoms with Crippen molar-refractivity contribution in [2.45, 2.75) is 0 Å². The highest BCUT2D eigenvalue weighted by Gasteiger charge is 2.21. The second-order valence-corrected chi connectivity index (χ2v) is 3.96. The average Bonchev–Trinajstić information content (AvgIpc) is 2.49. The van der Waals surface area contributed by atoms with Gasteiger partial charge < -0.3 is 10.6 Å². The van der Waals surface area contributed by atoms with Crippen LogP contribution in [0.15, 0.2) is 24.3 Å². The molecule has 0 unspecified atom stereocenters. The molecule has 1 heterocycles. The van der Waals surface area contributed by atoms with Crippen LogP contribution in [-0.2, 0) is 0 Å². The number of halogens is 4. The van der Waals surface area contributed by atoms with Crippen molar-refractivity contribution in [3.63, 3.8) is 0 Å². The SMILES string of the molecule is CNc1cccc(C(=O)Nc2c(F)c(F)cc(F)c2F)n1. The molecule has 0 bridgehead atoms. The number of hydrogen-bond acceptors (Lipinski definition) is 3. The molecule has 0 saturated heterocycles. The molecule has 0 aliphatic rings. The molecule has 4 nitrogen and oxygen atoms in total. The topological polar surface area (TPSA) is 54.0 Å². The minimum atomic E-state index is -1.69. The van der Waals surface area contributed by atoms with Crippen LogP contribution in [0, 0.1) is 23.3 Å². The van der Waals surface area contributed by atoms with Crippen molar-refractivity contribution in [2.75, 3.05) is 17.7 Å². The summed E-state index contributed by atoms with van der Waals surface area (Å²) in [6.45, 7) is 0. The van der Waals surface area contributed by atoms with Gasteiger partial charge in [-0.3, -0.25) is 4.79 Å². The second-order valence-electron chi connectivity index (χ2n) is 3.96. The molecule has 0 radical (unpaired) electrons. The predicted octanol–water partition coefficient (Wildman–Crippen LogP) is 2.93. The molecule has 0 aliphatic carbocycles. The minimum absolute atomic E-state index is 0.0558. The van der Waals surface area contributed by atoms with Crippen LogP contribution in [0.3, 0.4) is 0 Å². The highest BCUT2D eigenvalue weighted by atomic mass is 19.2. The number of carbonyl (C=O) groups excluding carboxylic acids is 1. The highest BCUT2D eigenvalue weighted by molar-refractivity contribution is 6.03. The summed E-state index contributed by atoms with van der Waals surface area (Å²) in [6, 6.07) is 4.37. The number of nitrogens with one attached hydrogen (secondary N) is 2. The van der Waals surface area contributed by atoms with Crippen molar-refractivity contribution in [3.05, 3.63) is 53.2 Å². The first-order valence-corrected chi connectivity index (χ1v) is 5.73. The van der Waals surface area contributed by atoms with E-state index < -0.39 is 34.9 Å². The molecule has 2 aromatic rings. The van der Waals surface area contributed by atoms with Gasteiger partial charge in [0.2, 0.25) is 0 Å². The smallest absolute Gasteiger partial charge is 0.274 e. The lowest BCUT2D eigenvalue weighted by atomic mass is 10.2. The van der Waals surface area contributed by atoms with Gasteiger partial charge in [-0.15, -0.1) is 0 Å². The fraction of sp³-hybridized carbons (Fsp3) is 0.0769. The molecule has 21 heavy (non-hydrogen) atoms. The maximum atomic E-state index is 13.4. The van der Waals surface area contributed by atoms with Crippen LogP contribution in [0.2, 0.25) is 0 Å². The fourth-order valence-electron chi connectivity index (χ4n) is 1.56. The van der Waals surface area contributed by atoms with Gasteiger partial charge in [0.15, 0.2) is 23.3 Å². The third kappa shape index (κ3) is 2.93. The van der Waals surface area contributed by atoms with Gasteiger partial charge in [0.05, 0.1) is 0 Å². The highest BCUT2D eigenvalue weighted by Crippen LogP contribution is 2.24. The van der Waals surface area contributed by atoms with Crippen molar-refractivity contribution in [1.29, 1.82) is 0 Å². The Bertz CT molecular complexity index is 680. The summed E-state index contributed by atoms with van der Waals surface area (Å²) in [5, 5.41) is 4.44. The zero-order valence-corrected chi connectivity index (χ0v) is 10.7. The number of hydrogen-bond donors (Lipinski definition) is 2. The molecule has 0 atom stereocenters. The van der Waals surface area contributed by atoms with Gasteiger partial charge >= 0.3 is 0 Å². The van der Waals surface area contributed by atoms with E-state index in [1.165, 1.54) is 12.1 Å². The predicted molar refractivity (Wildman–Crippen MR) is 68.0 cm³/mol. The van der Waals surface area contributed by atoms with Crippen LogP contribution in [0.4, 0.5) is 29.1 Å². The molecule has 0 aliphatic heterocycles. The summed E-state index contributed by atoms with van der Waals surface area (Å²) < 4.78 is 52.9. The lowest BCUT2D eigenvalue weighted by Gasteiger charge is -2.09. The average molecular weight is 299 g/mol. The van der Waals surface area contributed by atoms with E-state index in [9.17, 15) is 22.4 Å². The van der Waals surface area contributed by atoms with E-state index >= 15 is 0 Å². The number of nitrogens with zero attached hydrogens (tertiary/aromatic N) is 1. The minimum Gasteiger partial charge on any atom is -0.373 e. The standard InChI is InChI=1S/C13H9F4N3O/c1-18-9-4-2-3-8(19-9)13(21)20-12-10(16)6(14)5-7(15)11(12)17/h2-5H,1H3,(H,18,19)(H,20,21). The number of amides is 1. The fourth-order valence-corrected chi connectivity index (χ4v) is 1.56. The molecule has 1 amide bonds. The molecule has 110 valence electrons. The largest absolute Gasteiger partial charge is 0.373 e. The molecular formula is C13H9F4N3O. The van der Waals surface area contributed by atoms with E-state index in [0.717, 1.165) is 0 Å². The maximum Gasteiger partial charge on any atom is 0.274 e. The number of carbonyl (C=O) groups is 1. The van der Waals surface area contributed by atoms with Crippen molar-refractivity contribution in [3.8, 4) is 0 Å². The van der Waals surface area contributed by atoms with Crippen molar-refractivity contribution >= 4 is 17.4 Å². The van der Waals surface area contributed by atoms with Gasteiger partial charge in [-0.2, -0.15) is 0 Å². The van der Waals surface area contributed by atoms with E-state index in [-0.39, 0.29) is 11.8 Å². The normalized spacial score (nSPS) is 10.3. The van der Waals surface area contributed by atoms with Crippen LogP contribution in [0.1, 0.15) is 10.5 Å². The van der Waals surface area contributed by atoms with Crippen LogP contribution >= 0.6 is 0 Å². The quantitative estimate of drug-likeness (QED) is 0.677. The first kappa shape index (κ1) is 14.8. The molecule has 8 heteroatoms. The zero-order valence-electron chi connectivity index (χ0n) is 10.7. The summed E-state index contributed by atoms with van der Waals surface area (Å²) in [5.74, 6) is -7.26. The summed E-state index contributed by atoms with van der Waals surface area (Å²) in [5.41, 5.74) is -1.38. The van der Waals surface area contributed by atoms with E-state index in [0.29, 0.717) is 5.82 Å². The molecular weight excluding hydrogens is 290 g/mol.